The van der Waals surface area contributed by atoms with Crippen molar-refractivity contribution < 1.29 is 18.4 Å². The van der Waals surface area contributed by atoms with E-state index >= 15 is 0 Å². The maximum atomic E-state index is 14.1. The van der Waals surface area contributed by atoms with Gasteiger partial charge in [-0.3, -0.25) is 14.5 Å². The monoisotopic (exact) mass is 433 g/mol. The number of para-hydroxylation sites is 1. The zero-order valence-corrected chi connectivity index (χ0v) is 16.6. The van der Waals surface area contributed by atoms with Gasteiger partial charge in [0.25, 0.3) is 0 Å². The highest BCUT2D eigenvalue weighted by Gasteiger charge is 2.20. The number of benzene rings is 2. The minimum absolute atomic E-state index is 0.0478. The van der Waals surface area contributed by atoms with Gasteiger partial charge < -0.3 is 5.32 Å². The second kappa shape index (κ2) is 8.93. The van der Waals surface area contributed by atoms with Crippen molar-refractivity contribution in [3.05, 3.63) is 76.3 Å². The molecule has 0 saturated carbocycles. The van der Waals surface area contributed by atoms with Crippen molar-refractivity contribution in [2.24, 2.45) is 0 Å². The fourth-order valence-electron chi connectivity index (χ4n) is 2.43. The van der Waals surface area contributed by atoms with E-state index in [0.717, 1.165) is 16.2 Å². The number of aromatic nitrogens is 1. The number of amides is 2. The first kappa shape index (κ1) is 20.6. The van der Waals surface area contributed by atoms with Gasteiger partial charge in [-0.25, -0.2) is 13.8 Å². The van der Waals surface area contributed by atoms with E-state index in [2.05, 4.69) is 10.3 Å². The zero-order chi connectivity index (χ0) is 21.0. The lowest BCUT2D eigenvalue weighted by Crippen LogP contribution is -2.23. The van der Waals surface area contributed by atoms with E-state index in [-0.39, 0.29) is 21.5 Å². The third kappa shape index (κ3) is 4.85. The van der Waals surface area contributed by atoms with E-state index < -0.39 is 23.4 Å². The number of rotatable bonds is 5. The van der Waals surface area contributed by atoms with Gasteiger partial charge in [0, 0.05) is 18.4 Å². The van der Waals surface area contributed by atoms with Gasteiger partial charge in [0.2, 0.25) is 11.8 Å². The number of nitrogens with zero attached hydrogens (tertiary/aromatic N) is 2. The lowest BCUT2D eigenvalue weighted by atomic mass is 10.3. The normalized spacial score (nSPS) is 10.9. The molecule has 0 aliphatic carbocycles. The van der Waals surface area contributed by atoms with Crippen LogP contribution in [0.5, 0.6) is 0 Å². The molecule has 1 N–H and O–H groups in total. The number of carbonyl (C=O) groups is 2. The predicted octanol–water partition coefficient (Wildman–Crippen LogP) is 5.41. The summed E-state index contributed by atoms with van der Waals surface area (Å²) in [6.45, 7) is 1.30. The summed E-state index contributed by atoms with van der Waals surface area (Å²) in [7, 11) is 0. The van der Waals surface area contributed by atoms with Crippen molar-refractivity contribution in [3.63, 3.8) is 0 Å². The molecular formula is C20H14ClF2N3O2S. The Bertz CT molecular complexity index is 1100. The number of halogens is 3. The summed E-state index contributed by atoms with van der Waals surface area (Å²) in [4.78, 5) is 29.5. The number of carbonyl (C=O) groups excluding carboxylic acids is 2. The lowest BCUT2D eigenvalue weighted by molar-refractivity contribution is -0.116. The molecule has 0 saturated heterocycles. The lowest BCUT2D eigenvalue weighted by Gasteiger charge is -2.18. The van der Waals surface area contributed by atoms with Gasteiger partial charge in [0.1, 0.15) is 5.82 Å². The Morgan fingerprint density at radius 1 is 1.17 bits per heavy atom. The topological polar surface area (TPSA) is 62.3 Å². The van der Waals surface area contributed by atoms with Crippen LogP contribution in [0.3, 0.4) is 0 Å². The van der Waals surface area contributed by atoms with Crippen molar-refractivity contribution in [3.8, 4) is 0 Å². The average Bonchev–Trinajstić information content (AvgIpc) is 3.14. The van der Waals surface area contributed by atoms with Crippen LogP contribution in [0.1, 0.15) is 12.6 Å². The average molecular weight is 434 g/mol. The van der Waals surface area contributed by atoms with E-state index in [9.17, 15) is 18.4 Å². The molecule has 29 heavy (non-hydrogen) atoms. The molecule has 0 radical (unpaired) electrons. The maximum absolute atomic E-state index is 14.1. The Kier molecular flexibility index (Phi) is 6.36. The third-order valence-electron chi connectivity index (χ3n) is 3.72. The van der Waals surface area contributed by atoms with Crippen molar-refractivity contribution in [2.45, 2.75) is 6.92 Å². The third-order valence-corrected chi connectivity index (χ3v) is 4.86. The summed E-state index contributed by atoms with van der Waals surface area (Å²) >= 11 is 6.79. The van der Waals surface area contributed by atoms with Crippen molar-refractivity contribution in [1.29, 1.82) is 0 Å². The molecule has 0 aliphatic rings. The van der Waals surface area contributed by atoms with Gasteiger partial charge >= 0.3 is 0 Å². The first-order chi connectivity index (χ1) is 13.9. The SMILES string of the molecule is CC(=O)N(c1nc(/C=C/C(=O)Nc2cccc(Cl)c2F)cs1)c1ccccc1F. The Labute approximate surface area is 174 Å². The molecule has 2 amide bonds. The molecule has 0 fully saturated rings. The molecule has 0 spiro atoms. The molecule has 0 atom stereocenters. The van der Waals surface area contributed by atoms with Crippen LogP contribution in [0.4, 0.5) is 25.3 Å². The molecule has 9 heteroatoms. The van der Waals surface area contributed by atoms with E-state index in [4.69, 9.17) is 11.6 Å². The summed E-state index contributed by atoms with van der Waals surface area (Å²) in [5.41, 5.74) is 0.418. The highest BCUT2D eigenvalue weighted by molar-refractivity contribution is 7.14. The van der Waals surface area contributed by atoms with Gasteiger partial charge in [-0.05, 0) is 30.3 Å². The second-order valence-corrected chi connectivity index (χ2v) is 7.03. The Hall–Kier alpha value is -3.10. The maximum Gasteiger partial charge on any atom is 0.248 e. The fourth-order valence-corrected chi connectivity index (χ4v) is 3.45. The second-order valence-electron chi connectivity index (χ2n) is 5.78. The van der Waals surface area contributed by atoms with Crippen LogP contribution >= 0.6 is 22.9 Å². The first-order valence-electron chi connectivity index (χ1n) is 8.30. The Morgan fingerprint density at radius 2 is 1.93 bits per heavy atom. The Balaban J connectivity index is 1.77. The quantitative estimate of drug-likeness (QED) is 0.547. The van der Waals surface area contributed by atoms with Gasteiger partial charge in [-0.1, -0.05) is 29.8 Å². The summed E-state index contributed by atoms with van der Waals surface area (Å²) in [6, 6.07) is 10.1. The summed E-state index contributed by atoms with van der Waals surface area (Å²) in [6.07, 6.45) is 2.57. The number of anilines is 3. The molecule has 5 nitrogen and oxygen atoms in total. The molecule has 3 rings (SSSR count). The smallest absolute Gasteiger partial charge is 0.248 e. The summed E-state index contributed by atoms with van der Waals surface area (Å²) < 4.78 is 27.9. The van der Waals surface area contributed by atoms with Crippen LogP contribution in [0, 0.1) is 11.6 Å². The molecule has 3 aromatic rings. The Morgan fingerprint density at radius 3 is 2.66 bits per heavy atom. The largest absolute Gasteiger partial charge is 0.320 e. The van der Waals surface area contributed by atoms with Gasteiger partial charge in [-0.15, -0.1) is 11.3 Å². The molecule has 2 aromatic carbocycles. The minimum atomic E-state index is -0.728. The van der Waals surface area contributed by atoms with Gasteiger partial charge in [0.15, 0.2) is 10.9 Å². The molecule has 0 unspecified atom stereocenters. The number of nitrogens with one attached hydrogen (secondary N) is 1. The highest BCUT2D eigenvalue weighted by atomic mass is 35.5. The molecule has 1 heterocycles. The van der Waals surface area contributed by atoms with Crippen molar-refractivity contribution >= 4 is 57.3 Å². The van der Waals surface area contributed by atoms with Gasteiger partial charge in [0.05, 0.1) is 22.1 Å². The van der Waals surface area contributed by atoms with Crippen LogP contribution in [0.15, 0.2) is 53.9 Å². The number of hydrogen-bond acceptors (Lipinski definition) is 4. The van der Waals surface area contributed by atoms with Crippen molar-refractivity contribution in [2.75, 3.05) is 10.2 Å². The van der Waals surface area contributed by atoms with Crippen molar-refractivity contribution in [1.82, 2.24) is 4.98 Å². The van der Waals surface area contributed by atoms with Crippen LogP contribution in [0.25, 0.3) is 6.08 Å². The van der Waals surface area contributed by atoms with E-state index in [1.807, 2.05) is 0 Å². The van der Waals surface area contributed by atoms with E-state index in [1.165, 1.54) is 55.5 Å². The highest BCUT2D eigenvalue weighted by Crippen LogP contribution is 2.31. The molecule has 0 aliphatic heterocycles. The number of thiazole rings is 1. The van der Waals surface area contributed by atoms with Gasteiger partial charge in [-0.2, -0.15) is 0 Å². The number of hydrogen-bond donors (Lipinski definition) is 1. The molecule has 1 aromatic heterocycles. The zero-order valence-electron chi connectivity index (χ0n) is 15.0. The summed E-state index contributed by atoms with van der Waals surface area (Å²) in [5, 5.41) is 4.14. The summed E-state index contributed by atoms with van der Waals surface area (Å²) in [5.74, 6) is -2.28. The van der Waals surface area contributed by atoms with Crippen LogP contribution in [-0.4, -0.2) is 16.8 Å². The van der Waals surface area contributed by atoms with Crippen LogP contribution < -0.4 is 10.2 Å². The van der Waals surface area contributed by atoms with Crippen LogP contribution in [0.2, 0.25) is 5.02 Å². The van der Waals surface area contributed by atoms with Crippen LogP contribution in [-0.2, 0) is 9.59 Å². The van der Waals surface area contributed by atoms with E-state index in [0.29, 0.717) is 5.69 Å². The predicted molar refractivity (Wildman–Crippen MR) is 110 cm³/mol. The molecule has 0 bridgehead atoms. The molecule has 148 valence electrons. The molecular weight excluding hydrogens is 420 g/mol. The standard InChI is InChI=1S/C20H14ClF2N3O2S/c1-12(27)26(17-8-3-2-6-15(17)22)20-24-13(11-29-20)9-10-18(28)25-16-7-4-5-14(21)19(16)23/h2-11H,1H3,(H,25,28)/b10-9+. The fraction of sp³-hybridized carbons (Fsp3) is 0.0500. The van der Waals surface area contributed by atoms with E-state index in [1.54, 1.807) is 11.4 Å². The first-order valence-corrected chi connectivity index (χ1v) is 9.56. The minimum Gasteiger partial charge on any atom is -0.320 e.